The second-order valence-corrected chi connectivity index (χ2v) is 11.0. The standard InChI is InChI=1S/C25H27ClN2O3S2/c1-18-7-13-24(14-8-18)33(30,31)28(16-20-5-4-6-22(26)15-20)17-25(29)27-19(2)21-9-11-23(32-3)12-10-21/h4-15,19H,16-17H2,1-3H3,(H,27,29). The van der Waals surface area contributed by atoms with Crippen LogP contribution < -0.4 is 5.32 Å². The van der Waals surface area contributed by atoms with Gasteiger partial charge in [-0.05, 0) is 67.6 Å². The monoisotopic (exact) mass is 502 g/mol. The summed E-state index contributed by atoms with van der Waals surface area (Å²) in [7, 11) is -3.91. The van der Waals surface area contributed by atoms with Gasteiger partial charge in [0.15, 0.2) is 0 Å². The molecule has 5 nitrogen and oxygen atoms in total. The van der Waals surface area contributed by atoms with E-state index < -0.39 is 10.0 Å². The molecule has 0 aliphatic heterocycles. The van der Waals surface area contributed by atoms with Crippen LogP contribution in [0.15, 0.2) is 82.6 Å². The number of amides is 1. The van der Waals surface area contributed by atoms with E-state index >= 15 is 0 Å². The highest BCUT2D eigenvalue weighted by Gasteiger charge is 2.27. The number of carbonyl (C=O) groups excluding carboxylic acids is 1. The van der Waals surface area contributed by atoms with Crippen LogP contribution >= 0.6 is 23.4 Å². The molecule has 174 valence electrons. The third-order valence-corrected chi connectivity index (χ3v) is 8.00. The van der Waals surface area contributed by atoms with Gasteiger partial charge in [-0.15, -0.1) is 11.8 Å². The van der Waals surface area contributed by atoms with Crippen molar-refractivity contribution in [1.29, 1.82) is 0 Å². The summed E-state index contributed by atoms with van der Waals surface area (Å²) in [5.74, 6) is -0.380. The van der Waals surface area contributed by atoms with Crippen molar-refractivity contribution in [2.24, 2.45) is 0 Å². The zero-order valence-electron chi connectivity index (χ0n) is 18.8. The van der Waals surface area contributed by atoms with Crippen LogP contribution in [0.3, 0.4) is 0 Å². The molecular weight excluding hydrogens is 476 g/mol. The molecule has 3 rings (SSSR count). The Hall–Kier alpha value is -2.32. The van der Waals surface area contributed by atoms with E-state index in [0.717, 1.165) is 16.0 Å². The smallest absolute Gasteiger partial charge is 0.243 e. The average molecular weight is 503 g/mol. The maximum Gasteiger partial charge on any atom is 0.243 e. The van der Waals surface area contributed by atoms with E-state index in [1.54, 1.807) is 60.3 Å². The first-order valence-corrected chi connectivity index (χ1v) is 13.5. The summed E-state index contributed by atoms with van der Waals surface area (Å²) in [4.78, 5) is 14.2. The summed E-state index contributed by atoms with van der Waals surface area (Å²) in [6, 6.07) is 21.2. The van der Waals surface area contributed by atoms with Gasteiger partial charge in [-0.3, -0.25) is 4.79 Å². The molecule has 0 spiro atoms. The summed E-state index contributed by atoms with van der Waals surface area (Å²) in [6.07, 6.45) is 2.00. The van der Waals surface area contributed by atoms with E-state index in [2.05, 4.69) is 5.32 Å². The number of thioether (sulfide) groups is 1. The SMILES string of the molecule is CSc1ccc(C(C)NC(=O)CN(Cc2cccc(Cl)c2)S(=O)(=O)c2ccc(C)cc2)cc1. The number of benzene rings is 3. The molecule has 0 saturated carbocycles. The van der Waals surface area contributed by atoms with Gasteiger partial charge >= 0.3 is 0 Å². The van der Waals surface area contributed by atoms with Crippen molar-refractivity contribution < 1.29 is 13.2 Å². The Balaban J connectivity index is 1.82. The van der Waals surface area contributed by atoms with Crippen LogP contribution in [0.4, 0.5) is 0 Å². The van der Waals surface area contributed by atoms with Gasteiger partial charge in [0.2, 0.25) is 15.9 Å². The molecule has 0 saturated heterocycles. The Morgan fingerprint density at radius 1 is 1.06 bits per heavy atom. The van der Waals surface area contributed by atoms with E-state index in [0.29, 0.717) is 10.6 Å². The van der Waals surface area contributed by atoms with Gasteiger partial charge in [0.25, 0.3) is 0 Å². The van der Waals surface area contributed by atoms with Crippen molar-refractivity contribution in [2.75, 3.05) is 12.8 Å². The Labute approximate surface area is 205 Å². The van der Waals surface area contributed by atoms with Gasteiger partial charge in [0.1, 0.15) is 0 Å². The normalized spacial score (nSPS) is 12.5. The molecule has 0 aliphatic carbocycles. The molecule has 0 heterocycles. The lowest BCUT2D eigenvalue weighted by atomic mass is 10.1. The number of sulfonamides is 1. The molecule has 1 amide bonds. The quantitative estimate of drug-likeness (QED) is 0.396. The van der Waals surface area contributed by atoms with E-state index in [-0.39, 0.29) is 29.9 Å². The van der Waals surface area contributed by atoms with E-state index in [9.17, 15) is 13.2 Å². The highest BCUT2D eigenvalue weighted by Crippen LogP contribution is 2.22. The Kier molecular flexibility index (Phi) is 8.59. The number of carbonyl (C=O) groups is 1. The number of halogens is 1. The van der Waals surface area contributed by atoms with E-state index in [1.165, 1.54) is 4.31 Å². The first-order chi connectivity index (χ1) is 15.7. The lowest BCUT2D eigenvalue weighted by molar-refractivity contribution is -0.122. The van der Waals surface area contributed by atoms with Gasteiger partial charge in [-0.25, -0.2) is 8.42 Å². The van der Waals surface area contributed by atoms with Gasteiger partial charge in [-0.2, -0.15) is 4.31 Å². The topological polar surface area (TPSA) is 66.5 Å². The minimum Gasteiger partial charge on any atom is -0.348 e. The van der Waals surface area contributed by atoms with Gasteiger partial charge in [0, 0.05) is 16.5 Å². The van der Waals surface area contributed by atoms with Crippen LogP contribution in [0.1, 0.15) is 29.7 Å². The summed E-state index contributed by atoms with van der Waals surface area (Å²) in [5.41, 5.74) is 2.60. The number of rotatable bonds is 9. The van der Waals surface area contributed by atoms with Crippen LogP contribution in [0.2, 0.25) is 5.02 Å². The number of nitrogens with zero attached hydrogens (tertiary/aromatic N) is 1. The Morgan fingerprint density at radius 3 is 2.33 bits per heavy atom. The van der Waals surface area contributed by atoms with Crippen LogP contribution in [-0.4, -0.2) is 31.4 Å². The first-order valence-electron chi connectivity index (χ1n) is 10.4. The molecule has 0 aliphatic rings. The van der Waals surface area contributed by atoms with Crippen LogP contribution in [0, 0.1) is 6.92 Å². The summed E-state index contributed by atoms with van der Waals surface area (Å²) < 4.78 is 28.0. The zero-order valence-corrected chi connectivity index (χ0v) is 21.2. The maximum atomic E-state index is 13.4. The zero-order chi connectivity index (χ0) is 24.0. The van der Waals surface area contributed by atoms with Gasteiger partial charge in [0.05, 0.1) is 17.5 Å². The van der Waals surface area contributed by atoms with Crippen molar-refractivity contribution >= 4 is 39.3 Å². The molecule has 3 aromatic rings. The predicted molar refractivity (Wildman–Crippen MR) is 135 cm³/mol. The molecule has 1 atom stereocenters. The van der Waals surface area contributed by atoms with Crippen molar-refractivity contribution in [3.8, 4) is 0 Å². The van der Waals surface area contributed by atoms with E-state index in [1.807, 2.05) is 44.4 Å². The average Bonchev–Trinajstić information content (AvgIpc) is 2.79. The molecule has 3 aromatic carbocycles. The molecule has 33 heavy (non-hydrogen) atoms. The lowest BCUT2D eigenvalue weighted by Gasteiger charge is -2.23. The second-order valence-electron chi connectivity index (χ2n) is 7.78. The Morgan fingerprint density at radius 2 is 1.73 bits per heavy atom. The van der Waals surface area contributed by atoms with Crippen LogP contribution in [-0.2, 0) is 21.4 Å². The van der Waals surface area contributed by atoms with Crippen molar-refractivity contribution in [1.82, 2.24) is 9.62 Å². The molecule has 1 N–H and O–H groups in total. The number of nitrogens with one attached hydrogen (secondary N) is 1. The first kappa shape index (κ1) is 25.3. The molecule has 0 radical (unpaired) electrons. The fourth-order valence-corrected chi connectivity index (χ4v) is 5.35. The summed E-state index contributed by atoms with van der Waals surface area (Å²) in [6.45, 7) is 3.49. The predicted octanol–water partition coefficient (Wildman–Crippen LogP) is 5.44. The largest absolute Gasteiger partial charge is 0.348 e. The molecule has 8 heteroatoms. The molecule has 0 aromatic heterocycles. The highest BCUT2D eigenvalue weighted by atomic mass is 35.5. The van der Waals surface area contributed by atoms with Crippen LogP contribution in [0.5, 0.6) is 0 Å². The van der Waals surface area contributed by atoms with Crippen molar-refractivity contribution in [3.63, 3.8) is 0 Å². The minimum atomic E-state index is -3.91. The number of hydrogen-bond acceptors (Lipinski definition) is 4. The highest BCUT2D eigenvalue weighted by molar-refractivity contribution is 7.98. The number of hydrogen-bond donors (Lipinski definition) is 1. The fourth-order valence-electron chi connectivity index (χ4n) is 3.35. The fraction of sp³-hybridized carbons (Fsp3) is 0.240. The van der Waals surface area contributed by atoms with Crippen molar-refractivity contribution in [2.45, 2.75) is 36.2 Å². The molecule has 0 fully saturated rings. The number of aryl methyl sites for hydroxylation is 1. The van der Waals surface area contributed by atoms with Gasteiger partial charge < -0.3 is 5.32 Å². The molecule has 0 bridgehead atoms. The lowest BCUT2D eigenvalue weighted by Crippen LogP contribution is -2.41. The minimum absolute atomic E-state index is 0.0288. The van der Waals surface area contributed by atoms with Crippen molar-refractivity contribution in [3.05, 3.63) is 94.5 Å². The third kappa shape index (κ3) is 6.84. The molecular formula is C25H27ClN2O3S2. The Bertz CT molecular complexity index is 1200. The third-order valence-electron chi connectivity index (χ3n) is 5.22. The van der Waals surface area contributed by atoms with Crippen LogP contribution in [0.25, 0.3) is 0 Å². The summed E-state index contributed by atoms with van der Waals surface area (Å²) in [5, 5.41) is 3.42. The molecule has 1 unspecified atom stereocenters. The second kappa shape index (κ2) is 11.2. The summed E-state index contributed by atoms with van der Waals surface area (Å²) >= 11 is 7.74. The van der Waals surface area contributed by atoms with E-state index in [4.69, 9.17) is 11.6 Å². The van der Waals surface area contributed by atoms with Gasteiger partial charge in [-0.1, -0.05) is 53.6 Å². The maximum absolute atomic E-state index is 13.4.